The third-order valence-electron chi connectivity index (χ3n) is 5.58. The molecule has 0 radical (unpaired) electrons. The molecule has 0 spiro atoms. The van der Waals surface area contributed by atoms with Gasteiger partial charge in [0.05, 0.1) is 18.8 Å². The lowest BCUT2D eigenvalue weighted by molar-refractivity contribution is 0.0277. The Kier molecular flexibility index (Phi) is 9.02. The van der Waals surface area contributed by atoms with Crippen LogP contribution in [0.25, 0.3) is 0 Å². The molecular formula is C22H37N5O2. The van der Waals surface area contributed by atoms with Crippen LogP contribution < -0.4 is 15.5 Å². The standard InChI is InChI=1S/C22H37N5O2/c1-18-17-27(12-14-28-18)21-10-9-19(15-25-21)16-26-22(23-2)24-11-6-13-29-20-7-4-3-5-8-20/h9-10,15,18,20H,3-8,11-14,16-17H2,1-2H3,(H2,23,24,26). The van der Waals surface area contributed by atoms with Gasteiger partial charge in [-0.1, -0.05) is 25.3 Å². The fraction of sp³-hybridized carbons (Fsp3) is 0.727. The Hall–Kier alpha value is -1.86. The molecule has 162 valence electrons. The van der Waals surface area contributed by atoms with E-state index in [9.17, 15) is 0 Å². The smallest absolute Gasteiger partial charge is 0.191 e. The summed E-state index contributed by atoms with van der Waals surface area (Å²) in [5, 5.41) is 6.72. The normalized spacial score (nSPS) is 21.2. The fourth-order valence-corrected chi connectivity index (χ4v) is 3.90. The largest absolute Gasteiger partial charge is 0.378 e. The lowest BCUT2D eigenvalue weighted by Gasteiger charge is -2.32. The number of anilines is 1. The predicted octanol–water partition coefficient (Wildman–Crippen LogP) is 2.71. The van der Waals surface area contributed by atoms with Crippen molar-refractivity contribution in [1.82, 2.24) is 15.6 Å². The Balaban J connectivity index is 1.32. The number of pyridine rings is 1. The van der Waals surface area contributed by atoms with Crippen LogP contribution in [0.4, 0.5) is 5.82 Å². The quantitative estimate of drug-likeness (QED) is 0.395. The molecule has 1 unspecified atom stereocenters. The maximum atomic E-state index is 5.98. The van der Waals surface area contributed by atoms with E-state index < -0.39 is 0 Å². The van der Waals surface area contributed by atoms with Crippen molar-refractivity contribution in [3.05, 3.63) is 23.9 Å². The number of hydrogen-bond donors (Lipinski definition) is 2. The fourth-order valence-electron chi connectivity index (χ4n) is 3.90. The van der Waals surface area contributed by atoms with Gasteiger partial charge in [0.2, 0.25) is 0 Å². The number of nitrogens with zero attached hydrogens (tertiary/aromatic N) is 3. The number of aromatic nitrogens is 1. The van der Waals surface area contributed by atoms with Gasteiger partial charge in [0.1, 0.15) is 5.82 Å². The summed E-state index contributed by atoms with van der Waals surface area (Å²) in [5.74, 6) is 1.83. The van der Waals surface area contributed by atoms with E-state index in [2.05, 4.69) is 44.6 Å². The van der Waals surface area contributed by atoms with E-state index in [1.54, 1.807) is 7.05 Å². The van der Waals surface area contributed by atoms with Gasteiger partial charge in [-0.25, -0.2) is 4.98 Å². The zero-order chi connectivity index (χ0) is 20.3. The van der Waals surface area contributed by atoms with E-state index in [1.807, 2.05) is 6.20 Å². The van der Waals surface area contributed by atoms with Gasteiger partial charge in [0.25, 0.3) is 0 Å². The van der Waals surface area contributed by atoms with Crippen LogP contribution in [0, 0.1) is 0 Å². The Morgan fingerprint density at radius 3 is 2.86 bits per heavy atom. The van der Waals surface area contributed by atoms with Gasteiger partial charge >= 0.3 is 0 Å². The Labute approximate surface area is 175 Å². The van der Waals surface area contributed by atoms with Gasteiger partial charge in [0.15, 0.2) is 5.96 Å². The molecule has 1 saturated carbocycles. The highest BCUT2D eigenvalue weighted by molar-refractivity contribution is 5.79. The first kappa shape index (κ1) is 21.8. The summed E-state index contributed by atoms with van der Waals surface area (Å²) in [6.45, 7) is 7.04. The second-order valence-electron chi connectivity index (χ2n) is 7.99. The van der Waals surface area contributed by atoms with E-state index in [1.165, 1.54) is 32.1 Å². The Bertz CT molecular complexity index is 616. The van der Waals surface area contributed by atoms with Crippen molar-refractivity contribution in [2.45, 2.75) is 64.2 Å². The second kappa shape index (κ2) is 12.0. The molecule has 0 bridgehead atoms. The molecule has 1 aromatic rings. The zero-order valence-corrected chi connectivity index (χ0v) is 18.0. The molecule has 1 atom stereocenters. The van der Waals surface area contributed by atoms with Crippen LogP contribution in [0.1, 0.15) is 51.0 Å². The van der Waals surface area contributed by atoms with Gasteiger partial charge in [-0.2, -0.15) is 0 Å². The summed E-state index contributed by atoms with van der Waals surface area (Å²) in [5.41, 5.74) is 1.14. The zero-order valence-electron chi connectivity index (χ0n) is 18.0. The summed E-state index contributed by atoms with van der Waals surface area (Å²) >= 11 is 0. The average molecular weight is 404 g/mol. The van der Waals surface area contributed by atoms with Gasteiger partial charge in [-0.05, 0) is 37.8 Å². The molecule has 1 saturated heterocycles. The molecule has 1 aromatic heterocycles. The van der Waals surface area contributed by atoms with Crippen LogP contribution in [-0.4, -0.2) is 63.0 Å². The predicted molar refractivity (Wildman–Crippen MR) is 118 cm³/mol. The maximum absolute atomic E-state index is 5.98. The maximum Gasteiger partial charge on any atom is 0.191 e. The third-order valence-corrected chi connectivity index (χ3v) is 5.58. The monoisotopic (exact) mass is 403 g/mol. The minimum absolute atomic E-state index is 0.259. The highest BCUT2D eigenvalue weighted by atomic mass is 16.5. The molecule has 0 aromatic carbocycles. The van der Waals surface area contributed by atoms with E-state index >= 15 is 0 Å². The van der Waals surface area contributed by atoms with Crippen molar-refractivity contribution in [1.29, 1.82) is 0 Å². The van der Waals surface area contributed by atoms with Crippen molar-refractivity contribution in [3.63, 3.8) is 0 Å². The summed E-state index contributed by atoms with van der Waals surface area (Å²) in [6.07, 6.45) is 10.1. The van der Waals surface area contributed by atoms with Crippen LogP contribution in [0.2, 0.25) is 0 Å². The van der Waals surface area contributed by atoms with E-state index in [0.29, 0.717) is 12.6 Å². The molecule has 0 amide bonds. The first-order valence-electron chi connectivity index (χ1n) is 11.1. The number of aliphatic imine (C=N–C) groups is 1. The molecule has 7 heteroatoms. The summed E-state index contributed by atoms with van der Waals surface area (Å²) < 4.78 is 11.6. The first-order chi connectivity index (χ1) is 14.2. The van der Waals surface area contributed by atoms with Crippen molar-refractivity contribution in [2.75, 3.05) is 44.8 Å². The summed E-state index contributed by atoms with van der Waals surface area (Å²) in [4.78, 5) is 11.2. The van der Waals surface area contributed by atoms with E-state index in [0.717, 1.165) is 56.6 Å². The molecule has 7 nitrogen and oxygen atoms in total. The lowest BCUT2D eigenvalue weighted by Crippen LogP contribution is -2.41. The summed E-state index contributed by atoms with van der Waals surface area (Å²) in [6, 6.07) is 4.22. The van der Waals surface area contributed by atoms with E-state index in [-0.39, 0.29) is 6.10 Å². The molecular weight excluding hydrogens is 366 g/mol. The number of morpholine rings is 1. The van der Waals surface area contributed by atoms with Crippen LogP contribution >= 0.6 is 0 Å². The van der Waals surface area contributed by atoms with Gasteiger partial charge < -0.3 is 25.0 Å². The van der Waals surface area contributed by atoms with E-state index in [4.69, 9.17) is 9.47 Å². The molecule has 29 heavy (non-hydrogen) atoms. The molecule has 1 aliphatic carbocycles. The minimum atomic E-state index is 0.259. The molecule has 1 aliphatic heterocycles. The highest BCUT2D eigenvalue weighted by Crippen LogP contribution is 2.20. The molecule has 2 heterocycles. The topological polar surface area (TPSA) is 71.0 Å². The number of guanidine groups is 1. The van der Waals surface area contributed by atoms with Crippen molar-refractivity contribution >= 4 is 11.8 Å². The summed E-state index contributed by atoms with van der Waals surface area (Å²) in [7, 11) is 1.80. The van der Waals surface area contributed by atoms with Gasteiger partial charge in [-0.15, -0.1) is 0 Å². The number of rotatable bonds is 8. The molecule has 2 aliphatic rings. The third kappa shape index (κ3) is 7.48. The van der Waals surface area contributed by atoms with Crippen LogP contribution in [0.3, 0.4) is 0 Å². The van der Waals surface area contributed by atoms with Crippen LogP contribution in [0.5, 0.6) is 0 Å². The van der Waals surface area contributed by atoms with Crippen LogP contribution in [-0.2, 0) is 16.0 Å². The van der Waals surface area contributed by atoms with Crippen molar-refractivity contribution in [2.24, 2.45) is 4.99 Å². The Morgan fingerprint density at radius 2 is 2.14 bits per heavy atom. The number of hydrogen-bond acceptors (Lipinski definition) is 5. The number of nitrogens with one attached hydrogen (secondary N) is 2. The highest BCUT2D eigenvalue weighted by Gasteiger charge is 2.17. The molecule has 2 fully saturated rings. The second-order valence-corrected chi connectivity index (χ2v) is 7.99. The molecule has 2 N–H and O–H groups in total. The van der Waals surface area contributed by atoms with Crippen LogP contribution in [0.15, 0.2) is 23.3 Å². The lowest BCUT2D eigenvalue weighted by atomic mass is 9.98. The van der Waals surface area contributed by atoms with Gasteiger partial charge in [0, 0.05) is 46.0 Å². The van der Waals surface area contributed by atoms with Gasteiger partial charge in [-0.3, -0.25) is 4.99 Å². The van der Waals surface area contributed by atoms with Crippen molar-refractivity contribution < 1.29 is 9.47 Å². The number of ether oxygens (including phenoxy) is 2. The minimum Gasteiger partial charge on any atom is -0.378 e. The average Bonchev–Trinajstić information content (AvgIpc) is 2.77. The Morgan fingerprint density at radius 1 is 1.28 bits per heavy atom. The van der Waals surface area contributed by atoms with Crippen molar-refractivity contribution in [3.8, 4) is 0 Å². The first-order valence-corrected chi connectivity index (χ1v) is 11.1. The SMILES string of the molecule is CN=C(NCCCOC1CCCCC1)NCc1ccc(N2CCOC(C)C2)nc1. The molecule has 3 rings (SSSR count).